The zero-order valence-electron chi connectivity index (χ0n) is 14.4. The molecular formula is C19H14FN5O2S. The smallest absolute Gasteiger partial charge is 0.266 e. The van der Waals surface area contributed by atoms with Gasteiger partial charge in [0, 0.05) is 17.3 Å². The van der Waals surface area contributed by atoms with Crippen LogP contribution in [0.15, 0.2) is 70.6 Å². The minimum Gasteiger partial charge on any atom is -0.325 e. The van der Waals surface area contributed by atoms with Crippen LogP contribution in [0.1, 0.15) is 0 Å². The van der Waals surface area contributed by atoms with Crippen LogP contribution in [-0.2, 0) is 4.79 Å². The van der Waals surface area contributed by atoms with Crippen molar-refractivity contribution < 1.29 is 9.18 Å². The van der Waals surface area contributed by atoms with E-state index in [1.807, 2.05) is 18.2 Å². The number of aromatic nitrogens is 4. The number of hydrogen-bond donors (Lipinski definition) is 2. The molecule has 28 heavy (non-hydrogen) atoms. The maximum atomic E-state index is 13.6. The van der Waals surface area contributed by atoms with E-state index in [-0.39, 0.29) is 23.0 Å². The molecule has 0 saturated carbocycles. The van der Waals surface area contributed by atoms with Crippen LogP contribution in [0.3, 0.4) is 0 Å². The standard InChI is InChI=1S/C19H14FN5O2S/c20-13-6-4-5-12(9-13)18-22-15-10-16(26)24-25(15)19(23-18)28-11-17(27)21-14-7-2-1-3-8-14/h1-10H,11H2,(H,21,27)(H,24,26). The van der Waals surface area contributed by atoms with Gasteiger partial charge in [-0.25, -0.2) is 18.9 Å². The zero-order valence-corrected chi connectivity index (χ0v) is 15.2. The summed E-state index contributed by atoms with van der Waals surface area (Å²) in [5, 5.41) is 5.76. The molecular weight excluding hydrogens is 381 g/mol. The van der Waals surface area contributed by atoms with Crippen LogP contribution in [0.5, 0.6) is 0 Å². The van der Waals surface area contributed by atoms with Crippen LogP contribution in [0, 0.1) is 5.82 Å². The number of rotatable bonds is 5. The lowest BCUT2D eigenvalue weighted by atomic mass is 10.2. The van der Waals surface area contributed by atoms with Gasteiger partial charge >= 0.3 is 0 Å². The van der Waals surface area contributed by atoms with E-state index in [4.69, 9.17) is 0 Å². The fourth-order valence-corrected chi connectivity index (χ4v) is 3.34. The van der Waals surface area contributed by atoms with E-state index >= 15 is 0 Å². The molecule has 0 aliphatic rings. The summed E-state index contributed by atoms with van der Waals surface area (Å²) in [4.78, 5) is 32.7. The summed E-state index contributed by atoms with van der Waals surface area (Å²) in [6.45, 7) is 0. The molecule has 140 valence electrons. The van der Waals surface area contributed by atoms with Crippen molar-refractivity contribution in [2.45, 2.75) is 5.16 Å². The van der Waals surface area contributed by atoms with Gasteiger partial charge in [0.25, 0.3) is 5.56 Å². The maximum Gasteiger partial charge on any atom is 0.266 e. The Kier molecular flexibility index (Phi) is 4.90. The molecule has 0 spiro atoms. The Hall–Kier alpha value is -3.46. The summed E-state index contributed by atoms with van der Waals surface area (Å²) in [5.41, 5.74) is 1.16. The highest BCUT2D eigenvalue weighted by Crippen LogP contribution is 2.22. The maximum absolute atomic E-state index is 13.6. The molecule has 9 heteroatoms. The molecule has 0 aliphatic carbocycles. The van der Waals surface area contributed by atoms with Crippen molar-refractivity contribution in [1.29, 1.82) is 0 Å². The van der Waals surface area contributed by atoms with Crippen LogP contribution < -0.4 is 10.9 Å². The van der Waals surface area contributed by atoms with Gasteiger partial charge in [-0.15, -0.1) is 0 Å². The van der Waals surface area contributed by atoms with E-state index in [9.17, 15) is 14.0 Å². The quantitative estimate of drug-likeness (QED) is 0.507. The lowest BCUT2D eigenvalue weighted by molar-refractivity contribution is -0.113. The molecule has 0 unspecified atom stereocenters. The van der Waals surface area contributed by atoms with Crippen molar-refractivity contribution in [3.8, 4) is 11.4 Å². The first kappa shape index (κ1) is 17.9. The number of carbonyl (C=O) groups excluding carboxylic acids is 1. The number of para-hydroxylation sites is 1. The number of anilines is 1. The van der Waals surface area contributed by atoms with Gasteiger partial charge in [-0.2, -0.15) is 0 Å². The third-order valence-corrected chi connectivity index (χ3v) is 4.74. The number of halogens is 1. The van der Waals surface area contributed by atoms with E-state index in [1.165, 1.54) is 22.7 Å². The Morgan fingerprint density at radius 2 is 1.93 bits per heavy atom. The Bertz CT molecular complexity index is 1210. The SMILES string of the molecule is O=C(CSc1nc(-c2cccc(F)c2)nc2cc(=O)[nH]n12)Nc1ccccc1. The highest BCUT2D eigenvalue weighted by atomic mass is 32.2. The molecule has 2 aromatic heterocycles. The van der Waals surface area contributed by atoms with Crippen molar-refractivity contribution in [2.75, 3.05) is 11.1 Å². The predicted octanol–water partition coefficient (Wildman–Crippen LogP) is 2.95. The lowest BCUT2D eigenvalue weighted by Gasteiger charge is -2.08. The van der Waals surface area contributed by atoms with Gasteiger partial charge in [-0.3, -0.25) is 14.7 Å². The molecule has 4 rings (SSSR count). The molecule has 0 radical (unpaired) electrons. The predicted molar refractivity (Wildman–Crippen MR) is 105 cm³/mol. The monoisotopic (exact) mass is 395 g/mol. The average Bonchev–Trinajstić information content (AvgIpc) is 3.07. The number of carbonyl (C=O) groups is 1. The number of hydrogen-bond acceptors (Lipinski definition) is 5. The zero-order chi connectivity index (χ0) is 19.5. The molecule has 0 aliphatic heterocycles. The van der Waals surface area contributed by atoms with Crippen molar-refractivity contribution in [3.05, 3.63) is 76.8 Å². The average molecular weight is 395 g/mol. The summed E-state index contributed by atoms with van der Waals surface area (Å²) in [6, 6.07) is 16.3. The second-order valence-electron chi connectivity index (χ2n) is 5.86. The molecule has 0 saturated heterocycles. The first-order valence-electron chi connectivity index (χ1n) is 8.32. The second kappa shape index (κ2) is 7.65. The fraction of sp³-hybridized carbons (Fsp3) is 0.0526. The van der Waals surface area contributed by atoms with Crippen molar-refractivity contribution in [1.82, 2.24) is 19.6 Å². The summed E-state index contributed by atoms with van der Waals surface area (Å²) in [5.74, 6) is -0.290. The van der Waals surface area contributed by atoms with E-state index < -0.39 is 5.82 Å². The summed E-state index contributed by atoms with van der Waals surface area (Å²) >= 11 is 1.14. The molecule has 2 N–H and O–H groups in total. The molecule has 2 heterocycles. The first-order chi connectivity index (χ1) is 13.6. The van der Waals surface area contributed by atoms with E-state index in [2.05, 4.69) is 20.4 Å². The normalized spacial score (nSPS) is 10.9. The highest BCUT2D eigenvalue weighted by Gasteiger charge is 2.13. The van der Waals surface area contributed by atoms with Gasteiger partial charge in [0.1, 0.15) is 5.82 Å². The van der Waals surface area contributed by atoms with Crippen molar-refractivity contribution in [2.24, 2.45) is 0 Å². The van der Waals surface area contributed by atoms with E-state index in [1.54, 1.807) is 24.3 Å². The van der Waals surface area contributed by atoms with E-state index in [0.29, 0.717) is 22.1 Å². The lowest BCUT2D eigenvalue weighted by Crippen LogP contribution is -2.15. The van der Waals surface area contributed by atoms with E-state index in [0.717, 1.165) is 11.8 Å². The Morgan fingerprint density at radius 1 is 1.11 bits per heavy atom. The number of nitrogens with zero attached hydrogens (tertiary/aromatic N) is 3. The largest absolute Gasteiger partial charge is 0.325 e. The molecule has 0 bridgehead atoms. The number of H-pyrrole nitrogens is 1. The highest BCUT2D eigenvalue weighted by molar-refractivity contribution is 7.99. The molecule has 7 nitrogen and oxygen atoms in total. The molecule has 0 fully saturated rings. The number of fused-ring (bicyclic) bond motifs is 1. The van der Waals surface area contributed by atoms with Crippen molar-refractivity contribution >= 4 is 29.0 Å². The van der Waals surface area contributed by atoms with Crippen LogP contribution in [-0.4, -0.2) is 31.2 Å². The summed E-state index contributed by atoms with van der Waals surface area (Å²) < 4.78 is 15.0. The number of aromatic amines is 1. The fourth-order valence-electron chi connectivity index (χ4n) is 2.59. The van der Waals surface area contributed by atoms with Gasteiger partial charge in [0.2, 0.25) is 5.91 Å². The number of amides is 1. The number of benzene rings is 2. The molecule has 1 amide bonds. The van der Waals surface area contributed by atoms with Gasteiger partial charge in [0.05, 0.1) is 5.75 Å². The van der Waals surface area contributed by atoms with Crippen molar-refractivity contribution in [3.63, 3.8) is 0 Å². The third-order valence-electron chi connectivity index (χ3n) is 3.80. The van der Waals surface area contributed by atoms with Gasteiger partial charge in [0.15, 0.2) is 16.6 Å². The van der Waals surface area contributed by atoms with Gasteiger partial charge in [-0.05, 0) is 24.3 Å². The minimum absolute atomic E-state index is 0.0732. The van der Waals surface area contributed by atoms with Gasteiger partial charge < -0.3 is 5.32 Å². The Balaban J connectivity index is 1.62. The second-order valence-corrected chi connectivity index (χ2v) is 6.80. The topological polar surface area (TPSA) is 92.2 Å². The number of nitrogens with one attached hydrogen (secondary N) is 2. The summed E-state index contributed by atoms with van der Waals surface area (Å²) in [7, 11) is 0. The summed E-state index contributed by atoms with van der Waals surface area (Å²) in [6.07, 6.45) is 0. The van der Waals surface area contributed by atoms with Crippen LogP contribution in [0.2, 0.25) is 0 Å². The Labute approximate surface area is 162 Å². The third kappa shape index (κ3) is 3.94. The first-order valence-corrected chi connectivity index (χ1v) is 9.30. The molecule has 0 atom stereocenters. The minimum atomic E-state index is -0.413. The van der Waals surface area contributed by atoms with Crippen LogP contribution in [0.4, 0.5) is 10.1 Å². The Morgan fingerprint density at radius 3 is 2.71 bits per heavy atom. The van der Waals surface area contributed by atoms with Crippen LogP contribution in [0.25, 0.3) is 17.0 Å². The van der Waals surface area contributed by atoms with Gasteiger partial charge in [-0.1, -0.05) is 42.1 Å². The van der Waals surface area contributed by atoms with Crippen LogP contribution >= 0.6 is 11.8 Å². The number of thioether (sulfide) groups is 1. The molecule has 2 aromatic carbocycles. The molecule has 4 aromatic rings.